The van der Waals surface area contributed by atoms with Gasteiger partial charge in [0.25, 0.3) is 5.91 Å². The van der Waals surface area contributed by atoms with E-state index in [9.17, 15) is 9.59 Å². The van der Waals surface area contributed by atoms with Crippen molar-refractivity contribution in [3.8, 4) is 0 Å². The van der Waals surface area contributed by atoms with Crippen LogP contribution in [0.5, 0.6) is 0 Å². The molecule has 4 N–H and O–H groups in total. The Bertz CT molecular complexity index is 673. The van der Waals surface area contributed by atoms with E-state index in [0.717, 1.165) is 11.1 Å². The van der Waals surface area contributed by atoms with Crippen LogP contribution in [0.3, 0.4) is 0 Å². The number of aromatic carboxylic acids is 1. The summed E-state index contributed by atoms with van der Waals surface area (Å²) in [5.41, 5.74) is 3.54. The zero-order valence-electron chi connectivity index (χ0n) is 12.4. The van der Waals surface area contributed by atoms with E-state index in [4.69, 9.17) is 10.3 Å². The van der Waals surface area contributed by atoms with Crippen LogP contribution in [0, 0.1) is 0 Å². The van der Waals surface area contributed by atoms with Crippen LogP contribution >= 0.6 is 0 Å². The van der Waals surface area contributed by atoms with Crippen molar-refractivity contribution in [2.75, 3.05) is 0 Å². The molecule has 0 aliphatic carbocycles. The number of rotatable bonds is 7. The number of carbonyl (C=O) groups is 2. The van der Waals surface area contributed by atoms with Crippen LogP contribution < -0.4 is 10.8 Å². The molecule has 1 atom stereocenters. The van der Waals surface area contributed by atoms with Crippen molar-refractivity contribution < 1.29 is 19.9 Å². The fourth-order valence-corrected chi connectivity index (χ4v) is 2.24. The molecule has 23 heavy (non-hydrogen) atoms. The first-order valence-corrected chi connectivity index (χ1v) is 7.13. The van der Waals surface area contributed by atoms with Crippen molar-refractivity contribution in [2.24, 2.45) is 0 Å². The molecule has 6 nitrogen and oxygen atoms in total. The highest BCUT2D eigenvalue weighted by Gasteiger charge is 2.18. The summed E-state index contributed by atoms with van der Waals surface area (Å²) in [6, 6.07) is 15.3. The van der Waals surface area contributed by atoms with Gasteiger partial charge in [0, 0.05) is 6.54 Å². The second-order valence-electron chi connectivity index (χ2n) is 5.10. The summed E-state index contributed by atoms with van der Waals surface area (Å²) in [5, 5.41) is 20.9. The largest absolute Gasteiger partial charge is 0.478 e. The number of carboxylic acid groups (broad SMARTS) is 1. The number of carbonyl (C=O) groups excluding carboxylic acids is 1. The maximum Gasteiger partial charge on any atom is 0.335 e. The number of hydrogen-bond acceptors (Lipinski definition) is 4. The van der Waals surface area contributed by atoms with Gasteiger partial charge in [-0.3, -0.25) is 10.0 Å². The lowest BCUT2D eigenvalue weighted by Gasteiger charge is -2.17. The number of nitrogens with one attached hydrogen (secondary N) is 2. The van der Waals surface area contributed by atoms with E-state index in [0.29, 0.717) is 13.0 Å². The number of carboxylic acids is 1. The van der Waals surface area contributed by atoms with Gasteiger partial charge in [-0.1, -0.05) is 42.5 Å². The zero-order chi connectivity index (χ0) is 16.7. The molecule has 2 aromatic carbocycles. The molecule has 1 amide bonds. The van der Waals surface area contributed by atoms with Gasteiger partial charge in [0.2, 0.25) is 0 Å². The third kappa shape index (κ3) is 4.91. The summed E-state index contributed by atoms with van der Waals surface area (Å²) in [7, 11) is 0. The molecule has 6 heteroatoms. The topological polar surface area (TPSA) is 98.7 Å². The van der Waals surface area contributed by atoms with Crippen molar-refractivity contribution in [1.29, 1.82) is 0 Å². The van der Waals surface area contributed by atoms with Crippen LogP contribution in [0.1, 0.15) is 21.5 Å². The van der Waals surface area contributed by atoms with Crippen LogP contribution in [0.2, 0.25) is 0 Å². The lowest BCUT2D eigenvalue weighted by molar-refractivity contribution is -0.131. The fourth-order valence-electron chi connectivity index (χ4n) is 2.24. The maximum absolute atomic E-state index is 11.8. The summed E-state index contributed by atoms with van der Waals surface area (Å²) in [6.07, 6.45) is 0.409. The SMILES string of the molecule is O=C(O)c1cccc(CNC(Cc2ccccc2)C(=O)NO)c1. The Morgan fingerprint density at radius 1 is 1.00 bits per heavy atom. The average molecular weight is 314 g/mol. The molecular formula is C17H18N2O4. The Hall–Kier alpha value is -2.70. The van der Waals surface area contributed by atoms with Crippen molar-refractivity contribution in [3.05, 3.63) is 71.3 Å². The van der Waals surface area contributed by atoms with Crippen LogP contribution in [-0.2, 0) is 17.8 Å². The number of hydroxylamine groups is 1. The molecule has 0 aromatic heterocycles. The zero-order valence-corrected chi connectivity index (χ0v) is 12.4. The summed E-state index contributed by atoms with van der Waals surface area (Å²) in [5.74, 6) is -1.54. The Balaban J connectivity index is 2.05. The quantitative estimate of drug-likeness (QED) is 0.459. The third-order valence-electron chi connectivity index (χ3n) is 3.44. The lowest BCUT2D eigenvalue weighted by Crippen LogP contribution is -2.44. The molecule has 0 saturated heterocycles. The Labute approximate surface area is 133 Å². The van der Waals surface area contributed by atoms with E-state index in [1.807, 2.05) is 30.3 Å². The van der Waals surface area contributed by atoms with Gasteiger partial charge >= 0.3 is 5.97 Å². The first kappa shape index (κ1) is 16.7. The van der Waals surface area contributed by atoms with Crippen LogP contribution in [0.15, 0.2) is 54.6 Å². The number of benzene rings is 2. The minimum atomic E-state index is -0.999. The fraction of sp³-hybridized carbons (Fsp3) is 0.176. The van der Waals surface area contributed by atoms with E-state index in [-0.39, 0.29) is 5.56 Å². The van der Waals surface area contributed by atoms with E-state index in [2.05, 4.69) is 5.32 Å². The predicted octanol–water partition coefficient (Wildman–Crippen LogP) is 1.59. The van der Waals surface area contributed by atoms with Gasteiger partial charge in [-0.15, -0.1) is 0 Å². The molecule has 0 aliphatic rings. The molecule has 2 aromatic rings. The van der Waals surface area contributed by atoms with Gasteiger partial charge in [0.1, 0.15) is 0 Å². The lowest BCUT2D eigenvalue weighted by atomic mass is 10.0. The van der Waals surface area contributed by atoms with Crippen molar-refractivity contribution >= 4 is 11.9 Å². The highest BCUT2D eigenvalue weighted by molar-refractivity contribution is 5.87. The minimum absolute atomic E-state index is 0.190. The van der Waals surface area contributed by atoms with E-state index >= 15 is 0 Å². The molecule has 2 rings (SSSR count). The van der Waals surface area contributed by atoms with Gasteiger partial charge < -0.3 is 10.4 Å². The molecule has 0 heterocycles. The van der Waals surface area contributed by atoms with E-state index in [1.165, 1.54) is 6.07 Å². The Morgan fingerprint density at radius 2 is 1.70 bits per heavy atom. The molecule has 0 radical (unpaired) electrons. The molecule has 0 aliphatic heterocycles. The first-order valence-electron chi connectivity index (χ1n) is 7.13. The number of amides is 1. The van der Waals surface area contributed by atoms with E-state index in [1.54, 1.807) is 23.7 Å². The van der Waals surface area contributed by atoms with Gasteiger partial charge in [-0.25, -0.2) is 10.3 Å². The Kier molecular flexibility index (Phi) is 5.85. The van der Waals surface area contributed by atoms with Crippen molar-refractivity contribution in [2.45, 2.75) is 19.0 Å². The number of hydrogen-bond donors (Lipinski definition) is 4. The maximum atomic E-state index is 11.8. The van der Waals surface area contributed by atoms with E-state index < -0.39 is 17.9 Å². The average Bonchev–Trinajstić information content (AvgIpc) is 2.59. The molecule has 120 valence electrons. The summed E-state index contributed by atoms with van der Waals surface area (Å²) in [4.78, 5) is 22.8. The van der Waals surface area contributed by atoms with Gasteiger partial charge in [0.05, 0.1) is 11.6 Å². The van der Waals surface area contributed by atoms with Gasteiger partial charge in [-0.05, 0) is 29.7 Å². The van der Waals surface area contributed by atoms with Crippen LogP contribution in [-0.4, -0.2) is 28.2 Å². The van der Waals surface area contributed by atoms with Crippen molar-refractivity contribution in [1.82, 2.24) is 10.8 Å². The predicted molar refractivity (Wildman–Crippen MR) is 84.1 cm³/mol. The second kappa shape index (κ2) is 8.07. The minimum Gasteiger partial charge on any atom is -0.478 e. The third-order valence-corrected chi connectivity index (χ3v) is 3.44. The smallest absolute Gasteiger partial charge is 0.335 e. The molecule has 0 bridgehead atoms. The highest BCUT2D eigenvalue weighted by atomic mass is 16.5. The van der Waals surface area contributed by atoms with Gasteiger partial charge in [-0.2, -0.15) is 0 Å². The summed E-state index contributed by atoms with van der Waals surface area (Å²) < 4.78 is 0. The second-order valence-corrected chi connectivity index (χ2v) is 5.10. The monoisotopic (exact) mass is 314 g/mol. The summed E-state index contributed by atoms with van der Waals surface area (Å²) >= 11 is 0. The first-order chi connectivity index (χ1) is 11.1. The molecular weight excluding hydrogens is 296 g/mol. The highest BCUT2D eigenvalue weighted by Crippen LogP contribution is 2.08. The molecule has 0 spiro atoms. The normalized spacial score (nSPS) is 11.7. The van der Waals surface area contributed by atoms with Crippen LogP contribution in [0.25, 0.3) is 0 Å². The van der Waals surface area contributed by atoms with Crippen LogP contribution in [0.4, 0.5) is 0 Å². The molecule has 0 saturated carbocycles. The molecule has 0 fully saturated rings. The molecule has 1 unspecified atom stereocenters. The van der Waals surface area contributed by atoms with Gasteiger partial charge in [0.15, 0.2) is 0 Å². The Morgan fingerprint density at radius 3 is 2.35 bits per heavy atom. The standard InChI is InChI=1S/C17H18N2O4/c20-16(19-23)15(10-12-5-2-1-3-6-12)18-11-13-7-4-8-14(9-13)17(21)22/h1-9,15,18,23H,10-11H2,(H,19,20)(H,21,22). The summed E-state index contributed by atoms with van der Waals surface area (Å²) in [6.45, 7) is 0.312. The van der Waals surface area contributed by atoms with Crippen molar-refractivity contribution in [3.63, 3.8) is 0 Å².